The summed E-state index contributed by atoms with van der Waals surface area (Å²) < 4.78 is 28.4. The lowest BCUT2D eigenvalue weighted by Gasteiger charge is -2.44. The summed E-state index contributed by atoms with van der Waals surface area (Å²) in [6.45, 7) is 18.2. The van der Waals surface area contributed by atoms with E-state index in [4.69, 9.17) is 10.1 Å². The molecule has 350 valence electrons. The smallest absolute Gasteiger partial charge is 0.262 e. The number of nitrogens with zero attached hydrogens (tertiary/aromatic N) is 12. The van der Waals surface area contributed by atoms with Crippen molar-refractivity contribution in [2.45, 2.75) is 69.7 Å². The highest BCUT2D eigenvalue weighted by Crippen LogP contribution is 2.36. The molecule has 5 aliphatic heterocycles. The highest BCUT2D eigenvalue weighted by Gasteiger charge is 2.44. The van der Waals surface area contributed by atoms with E-state index in [9.17, 15) is 22.8 Å². The molecule has 1 atom stereocenters. The maximum Gasteiger partial charge on any atom is 0.262 e. The van der Waals surface area contributed by atoms with Crippen molar-refractivity contribution in [3.8, 4) is 11.4 Å². The maximum atomic E-state index is 13.4. The van der Waals surface area contributed by atoms with Gasteiger partial charge in [0.15, 0.2) is 11.6 Å². The second-order valence-electron chi connectivity index (χ2n) is 19.3. The molecule has 3 amide bonds. The average Bonchev–Trinajstić information content (AvgIpc) is 3.86. The summed E-state index contributed by atoms with van der Waals surface area (Å²) in [6, 6.07) is 8.62. The van der Waals surface area contributed by atoms with Gasteiger partial charge in [0, 0.05) is 107 Å². The van der Waals surface area contributed by atoms with E-state index < -0.39 is 27.9 Å². The summed E-state index contributed by atoms with van der Waals surface area (Å²) in [7, 11) is -3.49. The van der Waals surface area contributed by atoms with E-state index in [1.807, 2.05) is 24.4 Å². The lowest BCUT2D eigenvalue weighted by atomic mass is 9.95. The van der Waals surface area contributed by atoms with Crippen LogP contribution in [0.15, 0.2) is 67.4 Å². The molecule has 1 saturated carbocycles. The molecule has 4 aromatic heterocycles. The number of hydrogen-bond donors (Lipinski definition) is 2. The third-order valence-electron chi connectivity index (χ3n) is 14.3. The zero-order valence-electron chi connectivity index (χ0n) is 37.9. The minimum absolute atomic E-state index is 0.138. The molecule has 1 unspecified atom stereocenters. The van der Waals surface area contributed by atoms with Crippen LogP contribution in [0.25, 0.3) is 22.3 Å². The molecule has 11 rings (SSSR count). The van der Waals surface area contributed by atoms with Gasteiger partial charge in [0.25, 0.3) is 21.8 Å². The number of piperidine rings is 2. The first kappa shape index (κ1) is 43.3. The standard InChI is InChI=1S/C47H56N14O5S/c1-29(2)61-40-21-42(52-41-10-13-48-43(53-41)33-22-50-59(28-33)67(65,66)35-6-7-35)49-23-38(40)44(54-61)58-26-32(27-58)25-56-18-16-55(17-19-56)24-31-11-14-57(15-12-31)34-5-8-36-37(20-34)47(64)60(46(36)63)39-9-4-30(3)51-45(39)62/h5,8,10,13,20-23,28-29,31-32,35,39H,3-4,6-7,9,11-12,14-19,24-27H2,1-2H3,(H,51,62)(H,48,49,52,53). The Kier molecular flexibility index (Phi) is 11.1. The van der Waals surface area contributed by atoms with E-state index in [0.29, 0.717) is 77.4 Å². The number of benzene rings is 1. The summed E-state index contributed by atoms with van der Waals surface area (Å²) in [5.41, 5.74) is 3.82. The highest BCUT2D eigenvalue weighted by atomic mass is 32.2. The number of nitrogens with one attached hydrogen (secondary N) is 2. The Morgan fingerprint density at radius 2 is 1.55 bits per heavy atom. The molecule has 0 radical (unpaired) electrons. The van der Waals surface area contributed by atoms with Crippen LogP contribution in [0.3, 0.4) is 0 Å². The molecule has 5 fully saturated rings. The Bertz CT molecular complexity index is 2890. The van der Waals surface area contributed by atoms with Crippen molar-refractivity contribution < 1.29 is 22.8 Å². The molecular weight excluding hydrogens is 873 g/mol. The predicted molar refractivity (Wildman–Crippen MR) is 253 cm³/mol. The summed E-state index contributed by atoms with van der Waals surface area (Å²) in [6.07, 6.45) is 10.9. The normalized spacial score (nSPS) is 21.4. The van der Waals surface area contributed by atoms with Crippen LogP contribution in [0.4, 0.5) is 23.1 Å². The number of anilines is 4. The molecule has 19 nitrogen and oxygen atoms in total. The average molecular weight is 929 g/mol. The number of aromatic nitrogens is 7. The molecule has 67 heavy (non-hydrogen) atoms. The second-order valence-corrected chi connectivity index (χ2v) is 21.4. The molecule has 2 N–H and O–H groups in total. The minimum Gasteiger partial charge on any atom is -0.371 e. The van der Waals surface area contributed by atoms with E-state index >= 15 is 0 Å². The van der Waals surface area contributed by atoms with Gasteiger partial charge in [0.2, 0.25) is 5.91 Å². The molecule has 0 spiro atoms. The van der Waals surface area contributed by atoms with Crippen molar-refractivity contribution in [3.63, 3.8) is 0 Å². The van der Waals surface area contributed by atoms with Gasteiger partial charge in [0.05, 0.1) is 45.2 Å². The van der Waals surface area contributed by atoms with Gasteiger partial charge in [-0.15, -0.1) is 0 Å². The van der Waals surface area contributed by atoms with E-state index in [2.05, 4.69) is 70.4 Å². The van der Waals surface area contributed by atoms with Gasteiger partial charge in [-0.25, -0.2) is 23.4 Å². The van der Waals surface area contributed by atoms with Crippen molar-refractivity contribution in [1.29, 1.82) is 0 Å². The lowest BCUT2D eigenvalue weighted by Crippen LogP contribution is -2.55. The first-order valence-electron chi connectivity index (χ1n) is 23.6. The molecule has 0 bridgehead atoms. The second kappa shape index (κ2) is 17.1. The number of amides is 3. The molecule has 5 aromatic rings. The Morgan fingerprint density at radius 3 is 2.27 bits per heavy atom. The summed E-state index contributed by atoms with van der Waals surface area (Å²) in [5, 5.41) is 15.8. The van der Waals surface area contributed by atoms with E-state index in [1.54, 1.807) is 18.3 Å². The van der Waals surface area contributed by atoms with Crippen molar-refractivity contribution >= 4 is 61.8 Å². The largest absolute Gasteiger partial charge is 0.371 e. The number of fused-ring (bicyclic) bond motifs is 2. The van der Waals surface area contributed by atoms with Crippen molar-refractivity contribution in [3.05, 3.63) is 78.5 Å². The molecule has 9 heterocycles. The van der Waals surface area contributed by atoms with Crippen LogP contribution in [0.1, 0.15) is 79.1 Å². The zero-order valence-corrected chi connectivity index (χ0v) is 38.7. The maximum absolute atomic E-state index is 13.4. The Labute approximate surface area is 389 Å². The third kappa shape index (κ3) is 8.32. The Balaban J connectivity index is 0.644. The number of piperazine rings is 1. The molecule has 6 aliphatic rings. The predicted octanol–water partition coefficient (Wildman–Crippen LogP) is 4.11. The number of hydrogen-bond acceptors (Lipinski definition) is 15. The van der Waals surface area contributed by atoms with Crippen LogP contribution in [0.2, 0.25) is 0 Å². The summed E-state index contributed by atoms with van der Waals surface area (Å²) in [4.78, 5) is 64.2. The summed E-state index contributed by atoms with van der Waals surface area (Å²) in [5.74, 6) is 2.51. The number of carbonyl (C=O) groups is 3. The van der Waals surface area contributed by atoms with Gasteiger partial charge < -0.3 is 30.2 Å². The van der Waals surface area contributed by atoms with Crippen LogP contribution in [0.5, 0.6) is 0 Å². The number of carbonyl (C=O) groups excluding carboxylic acids is 3. The third-order valence-corrected chi connectivity index (χ3v) is 16.3. The van der Waals surface area contributed by atoms with Crippen LogP contribution < -0.4 is 20.4 Å². The van der Waals surface area contributed by atoms with Crippen LogP contribution in [-0.4, -0.2) is 151 Å². The molecular formula is C47H56N14O5S. The van der Waals surface area contributed by atoms with Crippen molar-refractivity contribution in [1.82, 2.24) is 53.9 Å². The monoisotopic (exact) mass is 928 g/mol. The fourth-order valence-corrected chi connectivity index (χ4v) is 11.8. The summed E-state index contributed by atoms with van der Waals surface area (Å²) >= 11 is 0. The first-order valence-corrected chi connectivity index (χ1v) is 25.1. The molecule has 4 saturated heterocycles. The highest BCUT2D eigenvalue weighted by molar-refractivity contribution is 7.90. The van der Waals surface area contributed by atoms with Crippen molar-refractivity contribution in [2.75, 3.05) is 80.6 Å². The van der Waals surface area contributed by atoms with Gasteiger partial charge in [-0.1, -0.05) is 6.58 Å². The number of allylic oxidation sites excluding steroid dienone is 1. The van der Waals surface area contributed by atoms with E-state index in [1.165, 1.54) is 12.4 Å². The van der Waals surface area contributed by atoms with Gasteiger partial charge in [0.1, 0.15) is 17.7 Å². The Hall–Kier alpha value is -6.25. The molecule has 1 aromatic carbocycles. The van der Waals surface area contributed by atoms with Gasteiger partial charge >= 0.3 is 0 Å². The lowest BCUT2D eigenvalue weighted by molar-refractivity contribution is -0.125. The number of imide groups is 1. The number of rotatable bonds is 13. The molecule has 1 aliphatic carbocycles. The SMILES string of the molecule is C=C1CCC(N2C(=O)c3ccc(N4CCC(CN5CCN(CC6CN(c7nn(C(C)C)c8cc(Nc9ccnc(-c%10cnn(S(=O)(=O)C%11CC%11)c%10)n9)ncc78)C6)CC5)CC4)cc3C2=O)C(=O)N1. The van der Waals surface area contributed by atoms with Gasteiger partial charge in [-0.05, 0) is 82.6 Å². The van der Waals surface area contributed by atoms with Crippen LogP contribution in [0, 0.1) is 11.8 Å². The minimum atomic E-state index is -3.49. The van der Waals surface area contributed by atoms with Crippen LogP contribution in [-0.2, 0) is 14.8 Å². The Morgan fingerprint density at radius 1 is 0.821 bits per heavy atom. The van der Waals surface area contributed by atoms with Crippen molar-refractivity contribution in [2.24, 2.45) is 11.8 Å². The molecule has 20 heteroatoms. The van der Waals surface area contributed by atoms with Gasteiger partial charge in [-0.3, -0.25) is 24.0 Å². The van der Waals surface area contributed by atoms with Crippen LogP contribution >= 0.6 is 0 Å². The van der Waals surface area contributed by atoms with E-state index in [0.717, 1.165) is 110 Å². The first-order chi connectivity index (χ1) is 32.4. The fourth-order valence-electron chi connectivity index (χ4n) is 10.3. The zero-order chi connectivity index (χ0) is 46.1. The topological polar surface area (TPSA) is 200 Å². The fraction of sp³-hybridized carbons (Fsp3) is 0.489. The quantitative estimate of drug-likeness (QED) is 0.160. The van der Waals surface area contributed by atoms with Gasteiger partial charge in [-0.2, -0.15) is 14.3 Å². The number of pyridine rings is 1. The van der Waals surface area contributed by atoms with E-state index in [-0.39, 0.29) is 17.2 Å².